The fourth-order valence-corrected chi connectivity index (χ4v) is 1.91. The maximum atomic E-state index is 13.0. The Kier molecular flexibility index (Phi) is 5.05. The lowest BCUT2D eigenvalue weighted by Crippen LogP contribution is -1.91. The summed E-state index contributed by atoms with van der Waals surface area (Å²) >= 11 is 1.71. The van der Waals surface area contributed by atoms with Gasteiger partial charge in [0.2, 0.25) is 0 Å². The molecule has 0 unspecified atom stereocenters. The molecule has 2 nitrogen and oxygen atoms in total. The van der Waals surface area contributed by atoms with Crippen LogP contribution in [-0.2, 0) is 10.5 Å². The second-order valence-corrected chi connectivity index (χ2v) is 4.43. The highest BCUT2D eigenvalue weighted by Crippen LogP contribution is 2.19. The zero-order valence-corrected chi connectivity index (χ0v) is 9.76. The molecule has 0 bridgehead atoms. The van der Waals surface area contributed by atoms with Gasteiger partial charge in [-0.15, -0.1) is 0 Å². The number of hydrogen-bond donors (Lipinski definition) is 1. The highest BCUT2D eigenvalue weighted by Gasteiger charge is 2.02. The van der Waals surface area contributed by atoms with Crippen LogP contribution >= 0.6 is 11.8 Å². The minimum atomic E-state index is -1.03. The van der Waals surface area contributed by atoms with Gasteiger partial charge < -0.3 is 5.11 Å². The number of carboxylic acid groups (broad SMARTS) is 1. The van der Waals surface area contributed by atoms with Crippen molar-refractivity contribution in [3.8, 4) is 0 Å². The highest BCUT2D eigenvalue weighted by molar-refractivity contribution is 7.98. The lowest BCUT2D eigenvalue weighted by atomic mass is 10.1. The predicted octanol–water partition coefficient (Wildman–Crippen LogP) is 3.18. The van der Waals surface area contributed by atoms with Crippen LogP contribution in [0.5, 0.6) is 0 Å². The molecule has 0 aliphatic heterocycles. The van der Waals surface area contributed by atoms with Gasteiger partial charge in [-0.1, -0.05) is 13.0 Å². The fourth-order valence-electron chi connectivity index (χ4n) is 1.23. The van der Waals surface area contributed by atoms with E-state index < -0.39 is 5.97 Å². The summed E-state index contributed by atoms with van der Waals surface area (Å²) in [5, 5.41) is 8.53. The van der Waals surface area contributed by atoms with E-state index in [0.29, 0.717) is 5.56 Å². The first-order valence-corrected chi connectivity index (χ1v) is 6.06. The number of rotatable bonds is 5. The third kappa shape index (κ3) is 4.06. The molecule has 1 aromatic carbocycles. The monoisotopic (exact) mass is 240 g/mol. The summed E-state index contributed by atoms with van der Waals surface area (Å²) < 4.78 is 13.0. The Labute approximate surface area is 98.2 Å². The van der Waals surface area contributed by atoms with Crippen LogP contribution in [0.2, 0.25) is 0 Å². The van der Waals surface area contributed by atoms with Crippen molar-refractivity contribution in [1.82, 2.24) is 0 Å². The van der Waals surface area contributed by atoms with Crippen molar-refractivity contribution in [2.24, 2.45) is 0 Å². The molecule has 0 radical (unpaired) electrons. The largest absolute Gasteiger partial charge is 0.478 e. The van der Waals surface area contributed by atoms with E-state index in [-0.39, 0.29) is 5.82 Å². The first-order valence-electron chi connectivity index (χ1n) is 4.90. The van der Waals surface area contributed by atoms with Crippen molar-refractivity contribution in [2.45, 2.75) is 12.7 Å². The number of aliphatic carboxylic acids is 1. The van der Waals surface area contributed by atoms with Gasteiger partial charge in [-0.3, -0.25) is 0 Å². The van der Waals surface area contributed by atoms with Crippen molar-refractivity contribution in [3.63, 3.8) is 0 Å². The molecule has 16 heavy (non-hydrogen) atoms. The molecule has 0 atom stereocenters. The topological polar surface area (TPSA) is 37.3 Å². The molecule has 0 saturated heterocycles. The SMILES string of the molecule is CCSCc1ccc(F)cc1C=CC(=O)O. The van der Waals surface area contributed by atoms with Crippen LogP contribution in [0.25, 0.3) is 6.08 Å². The van der Waals surface area contributed by atoms with Gasteiger partial charge in [-0.2, -0.15) is 11.8 Å². The molecule has 1 aromatic rings. The summed E-state index contributed by atoms with van der Waals surface area (Å²) in [6, 6.07) is 4.44. The van der Waals surface area contributed by atoms with Gasteiger partial charge in [0.15, 0.2) is 0 Å². The molecule has 4 heteroatoms. The summed E-state index contributed by atoms with van der Waals surface area (Å²) in [6.07, 6.45) is 2.45. The Morgan fingerprint density at radius 1 is 1.56 bits per heavy atom. The Morgan fingerprint density at radius 3 is 2.94 bits per heavy atom. The standard InChI is InChI=1S/C12H13FO2S/c1-2-16-8-10-3-5-11(13)7-9(10)4-6-12(14)15/h3-7H,2,8H2,1H3,(H,14,15). The molecule has 0 aromatic heterocycles. The van der Waals surface area contributed by atoms with Gasteiger partial charge in [0.05, 0.1) is 0 Å². The smallest absolute Gasteiger partial charge is 0.328 e. The van der Waals surface area contributed by atoms with Crippen molar-refractivity contribution in [1.29, 1.82) is 0 Å². The van der Waals surface area contributed by atoms with Crippen molar-refractivity contribution >= 4 is 23.8 Å². The first-order chi connectivity index (χ1) is 7.63. The van der Waals surface area contributed by atoms with Crippen LogP contribution in [0, 0.1) is 5.82 Å². The van der Waals surface area contributed by atoms with Crippen LogP contribution < -0.4 is 0 Å². The van der Waals surface area contributed by atoms with Crippen LogP contribution in [0.4, 0.5) is 4.39 Å². The van der Waals surface area contributed by atoms with E-state index in [1.807, 2.05) is 6.92 Å². The molecule has 1 rings (SSSR count). The lowest BCUT2D eigenvalue weighted by Gasteiger charge is -2.05. The molecule has 86 valence electrons. The van der Waals surface area contributed by atoms with Gasteiger partial charge in [0.25, 0.3) is 0 Å². The van der Waals surface area contributed by atoms with Crippen LogP contribution in [0.3, 0.4) is 0 Å². The maximum absolute atomic E-state index is 13.0. The second-order valence-electron chi connectivity index (χ2n) is 3.15. The number of hydrogen-bond acceptors (Lipinski definition) is 2. The third-order valence-electron chi connectivity index (χ3n) is 1.98. The van der Waals surface area contributed by atoms with Crippen LogP contribution in [0.1, 0.15) is 18.1 Å². The number of thioether (sulfide) groups is 1. The molecule has 0 saturated carbocycles. The van der Waals surface area contributed by atoms with Gasteiger partial charge in [0.1, 0.15) is 5.82 Å². The van der Waals surface area contributed by atoms with Gasteiger partial charge in [-0.05, 0) is 35.1 Å². The highest BCUT2D eigenvalue weighted by atomic mass is 32.2. The normalized spacial score (nSPS) is 10.9. The third-order valence-corrected chi connectivity index (χ3v) is 2.90. The van der Waals surface area contributed by atoms with E-state index in [0.717, 1.165) is 23.1 Å². The molecule has 0 fully saturated rings. The van der Waals surface area contributed by atoms with E-state index in [1.165, 1.54) is 18.2 Å². The van der Waals surface area contributed by atoms with E-state index in [2.05, 4.69) is 0 Å². The average molecular weight is 240 g/mol. The Balaban J connectivity index is 2.93. The van der Waals surface area contributed by atoms with Crippen LogP contribution in [-0.4, -0.2) is 16.8 Å². The quantitative estimate of drug-likeness (QED) is 0.803. The molecule has 0 heterocycles. The molecular formula is C12H13FO2S. The number of halogens is 1. The van der Waals surface area contributed by atoms with E-state index in [4.69, 9.17) is 5.11 Å². The van der Waals surface area contributed by atoms with E-state index >= 15 is 0 Å². The van der Waals surface area contributed by atoms with Gasteiger partial charge >= 0.3 is 5.97 Å². The molecule has 0 spiro atoms. The zero-order valence-electron chi connectivity index (χ0n) is 8.94. The summed E-state index contributed by atoms with van der Waals surface area (Å²) in [4.78, 5) is 10.4. The Hall–Kier alpha value is -1.29. The average Bonchev–Trinajstić information content (AvgIpc) is 2.25. The van der Waals surface area contributed by atoms with Crippen LogP contribution in [0.15, 0.2) is 24.3 Å². The van der Waals surface area contributed by atoms with Crippen molar-refractivity contribution in [2.75, 3.05) is 5.75 Å². The summed E-state index contributed by atoms with van der Waals surface area (Å²) in [5.41, 5.74) is 1.58. The maximum Gasteiger partial charge on any atom is 0.328 e. The van der Waals surface area contributed by atoms with E-state index in [9.17, 15) is 9.18 Å². The van der Waals surface area contributed by atoms with Gasteiger partial charge in [0, 0.05) is 11.8 Å². The molecule has 0 aliphatic carbocycles. The second kappa shape index (κ2) is 6.33. The Morgan fingerprint density at radius 2 is 2.31 bits per heavy atom. The Bertz CT molecular complexity index is 402. The number of carbonyl (C=O) groups is 1. The summed E-state index contributed by atoms with van der Waals surface area (Å²) in [7, 11) is 0. The summed E-state index contributed by atoms with van der Waals surface area (Å²) in [6.45, 7) is 2.04. The lowest BCUT2D eigenvalue weighted by molar-refractivity contribution is -0.131. The summed E-state index contributed by atoms with van der Waals surface area (Å²) in [5.74, 6) is 0.351. The fraction of sp³-hybridized carbons (Fsp3) is 0.250. The number of benzene rings is 1. The molecule has 0 amide bonds. The minimum Gasteiger partial charge on any atom is -0.478 e. The van der Waals surface area contributed by atoms with Crippen molar-refractivity contribution in [3.05, 3.63) is 41.2 Å². The molecular weight excluding hydrogens is 227 g/mol. The van der Waals surface area contributed by atoms with Crippen molar-refractivity contribution < 1.29 is 14.3 Å². The zero-order chi connectivity index (χ0) is 12.0. The molecule has 0 aliphatic rings. The first kappa shape index (κ1) is 12.8. The molecule has 1 N–H and O–H groups in total. The number of carboxylic acids is 1. The van der Waals surface area contributed by atoms with Gasteiger partial charge in [-0.25, -0.2) is 9.18 Å². The van der Waals surface area contributed by atoms with E-state index in [1.54, 1.807) is 17.8 Å². The minimum absolute atomic E-state index is 0.352. The predicted molar refractivity (Wildman–Crippen MR) is 64.9 cm³/mol.